The molecule has 0 saturated heterocycles. The smallest absolute Gasteiger partial charge is 0.104 e. The second-order valence-corrected chi connectivity index (χ2v) is 3.11. The number of rotatable bonds is 3. The van der Waals surface area contributed by atoms with E-state index in [0.717, 1.165) is 24.4 Å². The highest BCUT2D eigenvalue weighted by molar-refractivity contribution is 5.10. The number of aryl methyl sites for hydroxylation is 1. The Morgan fingerprint density at radius 1 is 1.27 bits per heavy atom. The van der Waals surface area contributed by atoms with Gasteiger partial charge in [0.05, 0.1) is 0 Å². The van der Waals surface area contributed by atoms with Crippen LogP contribution in [-0.2, 0) is 12.8 Å². The Labute approximate surface area is 68.4 Å². The van der Waals surface area contributed by atoms with Crippen molar-refractivity contribution in [3.05, 3.63) is 29.6 Å². The van der Waals surface area contributed by atoms with Crippen molar-refractivity contribution < 1.29 is 4.42 Å². The summed E-state index contributed by atoms with van der Waals surface area (Å²) in [7, 11) is 0. The van der Waals surface area contributed by atoms with E-state index in [1.807, 2.05) is 0 Å². The van der Waals surface area contributed by atoms with E-state index in [9.17, 15) is 0 Å². The van der Waals surface area contributed by atoms with Crippen LogP contribution in [0.2, 0.25) is 0 Å². The summed E-state index contributed by atoms with van der Waals surface area (Å²) in [6, 6.07) is 4.12. The van der Waals surface area contributed by atoms with Crippen molar-refractivity contribution in [3.8, 4) is 0 Å². The lowest BCUT2D eigenvalue weighted by Crippen LogP contribution is -1.88. The third kappa shape index (κ3) is 2.41. The van der Waals surface area contributed by atoms with Gasteiger partial charge in [-0.3, -0.25) is 0 Å². The monoisotopic (exact) mass is 151 g/mol. The maximum atomic E-state index is 5.52. The van der Waals surface area contributed by atoms with E-state index in [2.05, 4.69) is 32.9 Å². The van der Waals surface area contributed by atoms with Gasteiger partial charge in [-0.15, -0.1) is 0 Å². The lowest BCUT2D eigenvalue weighted by molar-refractivity contribution is 0.471. The minimum Gasteiger partial charge on any atom is -0.466 e. The predicted molar refractivity (Wildman–Crippen MR) is 46.4 cm³/mol. The van der Waals surface area contributed by atoms with Crippen LogP contribution in [-0.4, -0.2) is 0 Å². The molecule has 0 bridgehead atoms. The van der Waals surface area contributed by atoms with Crippen LogP contribution in [0.3, 0.4) is 0 Å². The third-order valence-electron chi connectivity index (χ3n) is 1.59. The molecule has 0 aliphatic heterocycles. The number of furan rings is 1. The van der Waals surface area contributed by atoms with Crippen LogP contribution in [0.5, 0.6) is 0 Å². The minimum absolute atomic E-state index is 0.972. The molecule has 0 saturated carbocycles. The van der Waals surface area contributed by atoms with Crippen molar-refractivity contribution in [2.75, 3.05) is 0 Å². The van der Waals surface area contributed by atoms with Crippen LogP contribution in [0.15, 0.2) is 16.5 Å². The number of hydrogen-bond donors (Lipinski definition) is 0. The van der Waals surface area contributed by atoms with Gasteiger partial charge in [0.2, 0.25) is 0 Å². The van der Waals surface area contributed by atoms with Crippen LogP contribution in [0.1, 0.15) is 32.3 Å². The second-order valence-electron chi connectivity index (χ2n) is 3.11. The Balaban J connectivity index is 2.58. The van der Waals surface area contributed by atoms with Crippen molar-refractivity contribution in [1.29, 1.82) is 0 Å². The molecule has 0 unspecified atom stereocenters. The maximum absolute atomic E-state index is 5.52. The molecule has 0 aliphatic carbocycles. The van der Waals surface area contributed by atoms with Crippen molar-refractivity contribution >= 4 is 0 Å². The zero-order chi connectivity index (χ0) is 8.27. The first kappa shape index (κ1) is 8.38. The first-order chi connectivity index (χ1) is 5.22. The Hall–Kier alpha value is -0.720. The Bertz CT molecular complexity index is 210. The summed E-state index contributed by atoms with van der Waals surface area (Å²) >= 11 is 0. The molecule has 1 rings (SSSR count). The third-order valence-corrected chi connectivity index (χ3v) is 1.59. The molecule has 0 amide bonds. The van der Waals surface area contributed by atoms with Gasteiger partial charge in [-0.25, -0.2) is 0 Å². The molecule has 0 fully saturated rings. The van der Waals surface area contributed by atoms with Gasteiger partial charge in [0.25, 0.3) is 0 Å². The number of hydrogen-bond acceptors (Lipinski definition) is 1. The summed E-state index contributed by atoms with van der Waals surface area (Å²) < 4.78 is 5.52. The van der Waals surface area contributed by atoms with E-state index in [-0.39, 0.29) is 0 Å². The predicted octanol–water partition coefficient (Wildman–Crippen LogP) is 3.00. The van der Waals surface area contributed by atoms with E-state index in [0.29, 0.717) is 0 Å². The van der Waals surface area contributed by atoms with Gasteiger partial charge < -0.3 is 4.42 Å². The summed E-state index contributed by atoms with van der Waals surface area (Å²) in [5.41, 5.74) is 0. The van der Waals surface area contributed by atoms with Crippen LogP contribution in [0, 0.1) is 5.92 Å². The van der Waals surface area contributed by atoms with Crippen LogP contribution in [0.4, 0.5) is 0 Å². The summed E-state index contributed by atoms with van der Waals surface area (Å²) in [5, 5.41) is 0. The Morgan fingerprint density at radius 2 is 1.91 bits per heavy atom. The van der Waals surface area contributed by atoms with E-state index >= 15 is 0 Å². The fourth-order valence-corrected chi connectivity index (χ4v) is 1.06. The van der Waals surface area contributed by atoms with Crippen molar-refractivity contribution in [2.45, 2.75) is 33.6 Å². The molecule has 1 heterocycles. The second kappa shape index (κ2) is 3.61. The van der Waals surface area contributed by atoms with Crippen LogP contribution < -0.4 is 0 Å². The lowest BCUT2D eigenvalue weighted by Gasteiger charge is -1.98. The van der Waals surface area contributed by atoms with Gasteiger partial charge in [0.1, 0.15) is 11.5 Å². The highest BCUT2D eigenvalue weighted by Crippen LogP contribution is 2.13. The van der Waals surface area contributed by atoms with Gasteiger partial charge >= 0.3 is 0 Å². The van der Waals surface area contributed by atoms with E-state index in [1.54, 1.807) is 0 Å². The van der Waals surface area contributed by atoms with Gasteiger partial charge in [0, 0.05) is 12.8 Å². The van der Waals surface area contributed by atoms with Crippen LogP contribution in [0.25, 0.3) is 0 Å². The topological polar surface area (TPSA) is 13.1 Å². The largest absolute Gasteiger partial charge is 0.466 e. The molecular weight excluding hydrogens is 136 g/mol. The molecule has 11 heavy (non-hydrogen) atoms. The fourth-order valence-electron chi connectivity index (χ4n) is 1.06. The van der Waals surface area contributed by atoms with Gasteiger partial charge in [-0.05, 0) is 18.1 Å². The zero-order valence-corrected chi connectivity index (χ0v) is 7.48. The SMILES string of the molecule is CCc1ccc(C[C](C)C)o1. The average molecular weight is 151 g/mol. The molecule has 0 spiro atoms. The Morgan fingerprint density at radius 3 is 2.36 bits per heavy atom. The molecule has 1 heteroatoms. The van der Waals surface area contributed by atoms with E-state index < -0.39 is 0 Å². The Kier molecular flexibility index (Phi) is 2.75. The molecule has 1 nitrogen and oxygen atoms in total. The first-order valence-electron chi connectivity index (χ1n) is 4.09. The van der Waals surface area contributed by atoms with E-state index in [1.165, 1.54) is 5.92 Å². The first-order valence-corrected chi connectivity index (χ1v) is 4.09. The van der Waals surface area contributed by atoms with Crippen molar-refractivity contribution in [3.63, 3.8) is 0 Å². The maximum Gasteiger partial charge on any atom is 0.104 e. The fraction of sp³-hybridized carbons (Fsp3) is 0.500. The zero-order valence-electron chi connectivity index (χ0n) is 7.48. The molecular formula is C10H15O. The lowest BCUT2D eigenvalue weighted by atomic mass is 10.1. The van der Waals surface area contributed by atoms with Gasteiger partial charge in [-0.2, -0.15) is 0 Å². The van der Waals surface area contributed by atoms with Crippen molar-refractivity contribution in [2.24, 2.45) is 0 Å². The summed E-state index contributed by atoms with van der Waals surface area (Å²) in [5.74, 6) is 3.56. The summed E-state index contributed by atoms with van der Waals surface area (Å²) in [6.45, 7) is 6.34. The quantitative estimate of drug-likeness (QED) is 0.647. The molecule has 61 valence electrons. The molecule has 0 aromatic carbocycles. The molecule has 1 radical (unpaired) electrons. The minimum atomic E-state index is 0.972. The molecule has 1 aromatic heterocycles. The molecule has 0 aliphatic rings. The average Bonchev–Trinajstić information content (AvgIpc) is 2.34. The van der Waals surface area contributed by atoms with Gasteiger partial charge in [-0.1, -0.05) is 20.8 Å². The standard InChI is InChI=1S/C10H15O/c1-4-9-5-6-10(11-9)7-8(2)3/h5-6H,4,7H2,1-3H3. The van der Waals surface area contributed by atoms with Crippen LogP contribution >= 0.6 is 0 Å². The van der Waals surface area contributed by atoms with Gasteiger partial charge in [0.15, 0.2) is 0 Å². The van der Waals surface area contributed by atoms with Crippen molar-refractivity contribution in [1.82, 2.24) is 0 Å². The molecule has 0 atom stereocenters. The summed E-state index contributed by atoms with van der Waals surface area (Å²) in [4.78, 5) is 0. The highest BCUT2D eigenvalue weighted by Gasteiger charge is 2.02. The summed E-state index contributed by atoms with van der Waals surface area (Å²) in [6.07, 6.45) is 1.96. The normalized spacial score (nSPS) is 10.9. The molecule has 1 aromatic rings. The highest BCUT2D eigenvalue weighted by atomic mass is 16.3. The van der Waals surface area contributed by atoms with E-state index in [4.69, 9.17) is 4.42 Å². The molecule has 0 N–H and O–H groups in total.